The normalized spacial score (nSPS) is 14.3. The summed E-state index contributed by atoms with van der Waals surface area (Å²) in [6.45, 7) is 1.42. The SMILES string of the molecule is O=c1[nH]c2c(c3nc(-c4ccc(F)c(F)c4)cn13)CNCC2. The Labute approximate surface area is 123 Å². The van der Waals surface area contributed by atoms with Gasteiger partial charge in [-0.1, -0.05) is 0 Å². The molecule has 4 rings (SSSR count). The molecule has 0 saturated heterocycles. The molecule has 0 unspecified atom stereocenters. The summed E-state index contributed by atoms with van der Waals surface area (Å²) in [5.41, 5.74) is 2.93. The summed E-state index contributed by atoms with van der Waals surface area (Å²) in [5, 5.41) is 3.23. The van der Waals surface area contributed by atoms with Crippen LogP contribution in [-0.4, -0.2) is 20.9 Å². The molecule has 1 aliphatic heterocycles. The van der Waals surface area contributed by atoms with Crippen LogP contribution in [0, 0.1) is 11.6 Å². The molecule has 3 aromatic rings. The Bertz CT molecular complexity index is 945. The Hall–Kier alpha value is -2.54. The first-order chi connectivity index (χ1) is 10.6. The number of hydrogen-bond acceptors (Lipinski definition) is 3. The predicted octanol–water partition coefficient (Wildman–Crippen LogP) is 1.61. The largest absolute Gasteiger partial charge is 0.331 e. The van der Waals surface area contributed by atoms with Crippen molar-refractivity contribution in [2.24, 2.45) is 0 Å². The van der Waals surface area contributed by atoms with E-state index in [2.05, 4.69) is 15.3 Å². The van der Waals surface area contributed by atoms with E-state index in [1.54, 1.807) is 0 Å². The Morgan fingerprint density at radius 2 is 2.09 bits per heavy atom. The first kappa shape index (κ1) is 13.1. The lowest BCUT2D eigenvalue weighted by atomic mass is 10.1. The second-order valence-electron chi connectivity index (χ2n) is 5.26. The van der Waals surface area contributed by atoms with Crippen LogP contribution in [0.1, 0.15) is 11.3 Å². The third-order valence-corrected chi connectivity index (χ3v) is 3.89. The van der Waals surface area contributed by atoms with Gasteiger partial charge in [-0.2, -0.15) is 0 Å². The van der Waals surface area contributed by atoms with Gasteiger partial charge in [0.05, 0.1) is 5.69 Å². The third kappa shape index (κ3) is 1.93. The van der Waals surface area contributed by atoms with Crippen molar-refractivity contribution in [2.75, 3.05) is 6.54 Å². The summed E-state index contributed by atoms with van der Waals surface area (Å²) in [6, 6.07) is 3.57. The van der Waals surface area contributed by atoms with Gasteiger partial charge >= 0.3 is 5.69 Å². The van der Waals surface area contributed by atoms with Gasteiger partial charge in [0, 0.05) is 42.5 Å². The maximum Gasteiger partial charge on any atom is 0.331 e. The highest BCUT2D eigenvalue weighted by atomic mass is 19.2. The lowest BCUT2D eigenvalue weighted by Gasteiger charge is -2.16. The van der Waals surface area contributed by atoms with Crippen LogP contribution in [0.25, 0.3) is 16.9 Å². The van der Waals surface area contributed by atoms with Crippen LogP contribution < -0.4 is 11.0 Å². The zero-order chi connectivity index (χ0) is 15.3. The first-order valence-electron chi connectivity index (χ1n) is 6.93. The Morgan fingerprint density at radius 1 is 1.23 bits per heavy atom. The number of imidazole rings is 1. The molecule has 2 N–H and O–H groups in total. The van der Waals surface area contributed by atoms with Gasteiger partial charge in [-0.3, -0.25) is 4.40 Å². The van der Waals surface area contributed by atoms with Crippen molar-refractivity contribution >= 4 is 5.65 Å². The second kappa shape index (κ2) is 4.74. The van der Waals surface area contributed by atoms with Crippen LogP contribution in [0.3, 0.4) is 0 Å². The van der Waals surface area contributed by atoms with Gasteiger partial charge in [-0.05, 0) is 18.2 Å². The van der Waals surface area contributed by atoms with E-state index < -0.39 is 11.6 Å². The maximum absolute atomic E-state index is 13.4. The third-order valence-electron chi connectivity index (χ3n) is 3.89. The fourth-order valence-corrected chi connectivity index (χ4v) is 2.77. The minimum atomic E-state index is -0.938. The van der Waals surface area contributed by atoms with Gasteiger partial charge in [-0.15, -0.1) is 0 Å². The molecule has 7 heteroatoms. The van der Waals surface area contributed by atoms with Crippen LogP contribution in [-0.2, 0) is 13.0 Å². The molecular weight excluding hydrogens is 290 g/mol. The van der Waals surface area contributed by atoms with Crippen molar-refractivity contribution in [3.8, 4) is 11.3 Å². The number of halogens is 2. The second-order valence-corrected chi connectivity index (χ2v) is 5.26. The van der Waals surface area contributed by atoms with E-state index in [-0.39, 0.29) is 5.69 Å². The van der Waals surface area contributed by atoms with E-state index in [0.29, 0.717) is 23.4 Å². The van der Waals surface area contributed by atoms with E-state index in [9.17, 15) is 13.6 Å². The summed E-state index contributed by atoms with van der Waals surface area (Å²) in [4.78, 5) is 19.4. The lowest BCUT2D eigenvalue weighted by Crippen LogP contribution is -2.29. The average molecular weight is 302 g/mol. The van der Waals surface area contributed by atoms with Crippen LogP contribution in [0.2, 0.25) is 0 Å². The van der Waals surface area contributed by atoms with Crippen LogP contribution in [0.5, 0.6) is 0 Å². The van der Waals surface area contributed by atoms with Crippen LogP contribution in [0.15, 0.2) is 29.2 Å². The maximum atomic E-state index is 13.4. The van der Waals surface area contributed by atoms with Crippen molar-refractivity contribution < 1.29 is 8.78 Å². The minimum absolute atomic E-state index is 0.281. The number of fused-ring (bicyclic) bond motifs is 3. The molecule has 1 aromatic carbocycles. The number of hydrogen-bond donors (Lipinski definition) is 2. The molecule has 0 aliphatic carbocycles. The summed E-state index contributed by atoms with van der Waals surface area (Å²) in [6.07, 6.45) is 2.27. The highest BCUT2D eigenvalue weighted by molar-refractivity contribution is 5.64. The molecular formula is C15H12F2N4O. The molecule has 0 atom stereocenters. The van der Waals surface area contributed by atoms with Crippen LogP contribution >= 0.6 is 0 Å². The zero-order valence-corrected chi connectivity index (χ0v) is 11.5. The van der Waals surface area contributed by atoms with Crippen molar-refractivity contribution in [2.45, 2.75) is 13.0 Å². The van der Waals surface area contributed by atoms with Crippen molar-refractivity contribution in [3.05, 3.63) is 57.8 Å². The van der Waals surface area contributed by atoms with Crippen LogP contribution in [0.4, 0.5) is 8.78 Å². The van der Waals surface area contributed by atoms with E-state index in [1.807, 2.05) is 0 Å². The summed E-state index contributed by atoms with van der Waals surface area (Å²) in [7, 11) is 0. The smallest absolute Gasteiger partial charge is 0.312 e. The fraction of sp³-hybridized carbons (Fsp3) is 0.200. The standard InChI is InChI=1S/C15H12F2N4O/c16-10-2-1-8(5-11(10)17)13-7-21-14(19-13)9-6-18-4-3-12(9)20-15(21)22/h1-2,5,7,18H,3-4,6H2,(H,20,22). The molecule has 0 bridgehead atoms. The van der Waals surface area contributed by atoms with Crippen molar-refractivity contribution in [1.82, 2.24) is 19.7 Å². The highest BCUT2D eigenvalue weighted by Gasteiger charge is 2.18. The van der Waals surface area contributed by atoms with Gasteiger partial charge in [0.25, 0.3) is 0 Å². The Balaban J connectivity index is 1.95. The average Bonchev–Trinajstić information content (AvgIpc) is 2.96. The van der Waals surface area contributed by atoms with Gasteiger partial charge in [0.2, 0.25) is 0 Å². The predicted molar refractivity (Wildman–Crippen MR) is 76.6 cm³/mol. The number of benzene rings is 1. The van der Waals surface area contributed by atoms with Gasteiger partial charge in [0.15, 0.2) is 11.6 Å². The monoisotopic (exact) mass is 302 g/mol. The molecule has 0 radical (unpaired) electrons. The minimum Gasteiger partial charge on any atom is -0.312 e. The number of aromatic nitrogens is 3. The summed E-state index contributed by atoms with van der Waals surface area (Å²) in [5.74, 6) is -1.85. The van der Waals surface area contributed by atoms with E-state index >= 15 is 0 Å². The summed E-state index contributed by atoms with van der Waals surface area (Å²) >= 11 is 0. The quantitative estimate of drug-likeness (QED) is 0.718. The number of nitrogens with zero attached hydrogens (tertiary/aromatic N) is 2. The van der Waals surface area contributed by atoms with Crippen molar-refractivity contribution in [1.29, 1.82) is 0 Å². The molecule has 1 aliphatic rings. The Morgan fingerprint density at radius 3 is 2.91 bits per heavy atom. The van der Waals surface area contributed by atoms with Gasteiger partial charge in [0.1, 0.15) is 5.65 Å². The molecule has 0 saturated carbocycles. The highest BCUT2D eigenvalue weighted by Crippen LogP contribution is 2.23. The molecule has 5 nitrogen and oxygen atoms in total. The number of H-pyrrole nitrogens is 1. The number of aromatic amines is 1. The Kier molecular flexibility index (Phi) is 2.83. The topological polar surface area (TPSA) is 62.2 Å². The molecule has 3 heterocycles. The first-order valence-corrected chi connectivity index (χ1v) is 6.93. The van der Waals surface area contributed by atoms with E-state index in [1.165, 1.54) is 16.7 Å². The summed E-state index contributed by atoms with van der Waals surface area (Å²) < 4.78 is 27.8. The van der Waals surface area contributed by atoms with Gasteiger partial charge < -0.3 is 10.3 Å². The zero-order valence-electron chi connectivity index (χ0n) is 11.5. The fourth-order valence-electron chi connectivity index (χ4n) is 2.77. The molecule has 112 valence electrons. The molecule has 0 spiro atoms. The lowest BCUT2D eigenvalue weighted by molar-refractivity contribution is 0.509. The van der Waals surface area contributed by atoms with E-state index in [4.69, 9.17) is 0 Å². The van der Waals surface area contributed by atoms with Crippen molar-refractivity contribution in [3.63, 3.8) is 0 Å². The number of nitrogens with one attached hydrogen (secondary N) is 2. The molecule has 2 aromatic heterocycles. The molecule has 0 fully saturated rings. The van der Waals surface area contributed by atoms with E-state index in [0.717, 1.165) is 36.4 Å². The molecule has 22 heavy (non-hydrogen) atoms. The molecule has 0 amide bonds. The number of rotatable bonds is 1. The van der Waals surface area contributed by atoms with Gasteiger partial charge in [-0.25, -0.2) is 18.6 Å².